The van der Waals surface area contributed by atoms with Crippen molar-refractivity contribution in [2.24, 2.45) is 5.73 Å². The summed E-state index contributed by atoms with van der Waals surface area (Å²) in [5.74, 6) is 0.571. The topological polar surface area (TPSA) is 58.4 Å². The third kappa shape index (κ3) is 3.54. The first-order chi connectivity index (χ1) is 8.69. The van der Waals surface area contributed by atoms with E-state index in [1.165, 1.54) is 4.88 Å². The highest BCUT2D eigenvalue weighted by atomic mass is 32.1. The monoisotopic (exact) mass is 267 g/mol. The highest BCUT2D eigenvalue weighted by Gasteiger charge is 2.28. The molecular formula is C13H21N3OS. The van der Waals surface area contributed by atoms with Gasteiger partial charge in [0, 0.05) is 49.9 Å². The second-order valence-electron chi connectivity index (χ2n) is 4.89. The Hall–Kier alpha value is -0.910. The van der Waals surface area contributed by atoms with E-state index in [-0.39, 0.29) is 11.9 Å². The first kappa shape index (κ1) is 13.5. The first-order valence-electron chi connectivity index (χ1n) is 6.42. The summed E-state index contributed by atoms with van der Waals surface area (Å²) < 4.78 is 0. The lowest BCUT2D eigenvalue weighted by molar-refractivity contribution is -0.120. The van der Waals surface area contributed by atoms with Gasteiger partial charge >= 0.3 is 0 Å². The molecule has 0 radical (unpaired) electrons. The Morgan fingerprint density at radius 1 is 1.61 bits per heavy atom. The number of likely N-dealkylation sites (tertiary alicyclic amines) is 1. The minimum absolute atomic E-state index is 0.0551. The summed E-state index contributed by atoms with van der Waals surface area (Å²) in [7, 11) is 0. The van der Waals surface area contributed by atoms with Gasteiger partial charge in [-0.15, -0.1) is 11.3 Å². The van der Waals surface area contributed by atoms with Gasteiger partial charge in [0.1, 0.15) is 0 Å². The number of carbonyl (C=O) groups is 1. The summed E-state index contributed by atoms with van der Waals surface area (Å²) in [5, 5.41) is 5.16. The van der Waals surface area contributed by atoms with Gasteiger partial charge in [0.25, 0.3) is 0 Å². The summed E-state index contributed by atoms with van der Waals surface area (Å²) in [5.41, 5.74) is 5.64. The van der Waals surface area contributed by atoms with Crippen LogP contribution in [0.25, 0.3) is 0 Å². The summed E-state index contributed by atoms with van der Waals surface area (Å²) in [6.07, 6.45) is 1.03. The molecule has 18 heavy (non-hydrogen) atoms. The van der Waals surface area contributed by atoms with Gasteiger partial charge in [-0.05, 0) is 17.9 Å². The van der Waals surface area contributed by atoms with Crippen LogP contribution in [0.2, 0.25) is 0 Å². The summed E-state index contributed by atoms with van der Waals surface area (Å²) in [6.45, 7) is 5.12. The van der Waals surface area contributed by atoms with Crippen molar-refractivity contribution in [2.75, 3.05) is 26.2 Å². The van der Waals surface area contributed by atoms with Crippen LogP contribution in [0.1, 0.15) is 24.1 Å². The van der Waals surface area contributed by atoms with Gasteiger partial charge in [-0.3, -0.25) is 9.69 Å². The van der Waals surface area contributed by atoms with Crippen LogP contribution in [-0.2, 0) is 4.79 Å². The Morgan fingerprint density at radius 3 is 3.06 bits per heavy atom. The third-order valence-electron chi connectivity index (χ3n) is 3.32. The zero-order chi connectivity index (χ0) is 13.0. The molecule has 2 rings (SSSR count). The zero-order valence-corrected chi connectivity index (χ0v) is 11.6. The van der Waals surface area contributed by atoms with Crippen molar-refractivity contribution < 1.29 is 4.79 Å². The van der Waals surface area contributed by atoms with E-state index in [2.05, 4.69) is 27.7 Å². The van der Waals surface area contributed by atoms with E-state index in [1.54, 1.807) is 18.3 Å². The molecule has 0 saturated carbocycles. The molecule has 0 aromatic carbocycles. The van der Waals surface area contributed by atoms with Crippen molar-refractivity contribution >= 4 is 17.2 Å². The van der Waals surface area contributed by atoms with Gasteiger partial charge in [0.05, 0.1) is 0 Å². The van der Waals surface area contributed by atoms with Gasteiger partial charge in [0.15, 0.2) is 0 Å². The van der Waals surface area contributed by atoms with Crippen molar-refractivity contribution in [3.8, 4) is 0 Å². The Bertz CT molecular complexity index is 380. The Labute approximate surface area is 112 Å². The van der Waals surface area contributed by atoms with Crippen LogP contribution in [0.4, 0.5) is 0 Å². The molecule has 3 N–H and O–H groups in total. The molecule has 100 valence electrons. The maximum absolute atomic E-state index is 11.2. The molecule has 1 aliphatic rings. The fourth-order valence-corrected chi connectivity index (χ4v) is 3.51. The number of carbonyl (C=O) groups excluding carboxylic acids is 1. The van der Waals surface area contributed by atoms with Crippen molar-refractivity contribution in [1.82, 2.24) is 10.2 Å². The van der Waals surface area contributed by atoms with E-state index in [0.717, 1.165) is 26.1 Å². The molecule has 2 heterocycles. The van der Waals surface area contributed by atoms with Gasteiger partial charge in [0.2, 0.25) is 5.91 Å². The molecule has 0 aliphatic carbocycles. The first-order valence-corrected chi connectivity index (χ1v) is 7.30. The highest BCUT2D eigenvalue weighted by molar-refractivity contribution is 7.10. The summed E-state index contributed by atoms with van der Waals surface area (Å²) in [4.78, 5) is 15.0. The molecule has 0 bridgehead atoms. The minimum Gasteiger partial charge on any atom is -0.352 e. The molecule has 5 heteroatoms. The molecule has 1 aromatic rings. The zero-order valence-electron chi connectivity index (χ0n) is 10.8. The smallest absolute Gasteiger partial charge is 0.217 e. The predicted octanol–water partition coefficient (Wildman–Crippen LogP) is 1.00. The number of nitrogens with one attached hydrogen (secondary N) is 1. The van der Waals surface area contributed by atoms with Crippen LogP contribution in [0.15, 0.2) is 17.5 Å². The minimum atomic E-state index is 0.0551. The van der Waals surface area contributed by atoms with Crippen LogP contribution in [0.3, 0.4) is 0 Å². The average molecular weight is 267 g/mol. The molecule has 1 amide bonds. The highest BCUT2D eigenvalue weighted by Crippen LogP contribution is 2.30. The number of amides is 1. The number of hydrogen-bond acceptors (Lipinski definition) is 4. The molecule has 1 aliphatic heterocycles. The number of nitrogens with zero attached hydrogens (tertiary/aromatic N) is 1. The lowest BCUT2D eigenvalue weighted by Crippen LogP contribution is -2.50. The molecule has 4 nitrogen and oxygen atoms in total. The Morgan fingerprint density at radius 2 is 2.44 bits per heavy atom. The largest absolute Gasteiger partial charge is 0.352 e. The van der Waals surface area contributed by atoms with Crippen molar-refractivity contribution in [3.05, 3.63) is 22.4 Å². The quantitative estimate of drug-likeness (QED) is 0.855. The molecular weight excluding hydrogens is 246 g/mol. The van der Waals surface area contributed by atoms with Crippen LogP contribution in [-0.4, -0.2) is 43.0 Å². The molecule has 1 aromatic heterocycles. The van der Waals surface area contributed by atoms with Gasteiger partial charge in [-0.1, -0.05) is 6.07 Å². The normalized spacial score (nSPS) is 25.0. The molecule has 0 spiro atoms. The van der Waals surface area contributed by atoms with Crippen LogP contribution in [0.5, 0.6) is 0 Å². The van der Waals surface area contributed by atoms with Gasteiger partial charge < -0.3 is 11.1 Å². The lowest BCUT2D eigenvalue weighted by atomic mass is 9.92. The molecule has 2 unspecified atom stereocenters. The van der Waals surface area contributed by atoms with E-state index >= 15 is 0 Å². The van der Waals surface area contributed by atoms with Gasteiger partial charge in [-0.2, -0.15) is 0 Å². The SMILES string of the molecule is CC(=O)NC1CC(c2cccs2)CN(CCN)C1. The van der Waals surface area contributed by atoms with Crippen molar-refractivity contribution in [1.29, 1.82) is 0 Å². The van der Waals surface area contributed by atoms with E-state index in [1.807, 2.05) is 0 Å². The number of nitrogens with two attached hydrogens (primary N) is 1. The third-order valence-corrected chi connectivity index (χ3v) is 4.36. The lowest BCUT2D eigenvalue weighted by Gasteiger charge is -2.37. The van der Waals surface area contributed by atoms with Crippen LogP contribution >= 0.6 is 11.3 Å². The number of thiophene rings is 1. The maximum Gasteiger partial charge on any atom is 0.217 e. The molecule has 2 atom stereocenters. The Kier molecular flexibility index (Phi) is 4.74. The van der Waals surface area contributed by atoms with E-state index in [9.17, 15) is 4.79 Å². The average Bonchev–Trinajstić information content (AvgIpc) is 2.81. The van der Waals surface area contributed by atoms with E-state index < -0.39 is 0 Å². The van der Waals surface area contributed by atoms with Crippen molar-refractivity contribution in [3.63, 3.8) is 0 Å². The van der Waals surface area contributed by atoms with Crippen LogP contribution < -0.4 is 11.1 Å². The summed E-state index contributed by atoms with van der Waals surface area (Å²) >= 11 is 1.80. The molecule has 1 saturated heterocycles. The number of piperidine rings is 1. The van der Waals surface area contributed by atoms with Crippen LogP contribution in [0, 0.1) is 0 Å². The Balaban J connectivity index is 2.04. The standard InChI is InChI=1S/C13H21N3OS/c1-10(17)15-12-7-11(13-3-2-6-18-13)8-16(9-12)5-4-14/h2-3,6,11-12H,4-5,7-9,14H2,1H3,(H,15,17). The van der Waals surface area contributed by atoms with E-state index in [4.69, 9.17) is 5.73 Å². The maximum atomic E-state index is 11.2. The van der Waals surface area contributed by atoms with Crippen molar-refractivity contribution in [2.45, 2.75) is 25.3 Å². The fourth-order valence-electron chi connectivity index (χ4n) is 2.68. The predicted molar refractivity (Wildman–Crippen MR) is 74.8 cm³/mol. The number of hydrogen-bond donors (Lipinski definition) is 2. The fraction of sp³-hybridized carbons (Fsp3) is 0.615. The summed E-state index contributed by atoms with van der Waals surface area (Å²) in [6, 6.07) is 4.52. The van der Waals surface area contributed by atoms with E-state index in [0.29, 0.717) is 12.5 Å². The second-order valence-corrected chi connectivity index (χ2v) is 5.87. The molecule has 1 fully saturated rings. The second kappa shape index (κ2) is 6.31. The van der Waals surface area contributed by atoms with Gasteiger partial charge in [-0.25, -0.2) is 0 Å². The number of rotatable bonds is 4.